The molecule has 2 aliphatic heterocycles. The van der Waals surface area contributed by atoms with E-state index in [4.69, 9.17) is 18.9 Å². The first-order valence-corrected chi connectivity index (χ1v) is 9.00. The summed E-state index contributed by atoms with van der Waals surface area (Å²) in [5.41, 5.74) is 0. The number of rotatable bonds is 4. The van der Waals surface area contributed by atoms with E-state index in [0.717, 1.165) is 30.5 Å². The number of alkyl halides is 1. The molecule has 2 aliphatic rings. The lowest BCUT2D eigenvalue weighted by Gasteiger charge is -2.16. The average Bonchev–Trinajstić information content (AvgIpc) is 2.84. The van der Waals surface area contributed by atoms with Crippen LogP contribution < -0.4 is 0 Å². The van der Waals surface area contributed by atoms with E-state index in [1.165, 1.54) is 6.42 Å². The third-order valence-corrected chi connectivity index (χ3v) is 3.80. The fourth-order valence-electron chi connectivity index (χ4n) is 2.25. The molecule has 120 valence electrons. The van der Waals surface area contributed by atoms with Crippen molar-refractivity contribution in [1.29, 1.82) is 0 Å². The van der Waals surface area contributed by atoms with Gasteiger partial charge in [-0.2, -0.15) is 0 Å². The third kappa shape index (κ3) is 7.02. The van der Waals surface area contributed by atoms with Gasteiger partial charge in [0, 0.05) is 4.43 Å². The highest BCUT2D eigenvalue weighted by atomic mass is 127. The Kier molecular flexibility index (Phi) is 7.70. The Morgan fingerprint density at radius 1 is 0.900 bits per heavy atom. The van der Waals surface area contributed by atoms with Crippen LogP contribution in [0, 0.1) is 0 Å². The molecule has 0 bridgehead atoms. The number of hydrogen-bond donors (Lipinski definition) is 0. The van der Waals surface area contributed by atoms with Gasteiger partial charge >= 0.3 is 0 Å². The minimum atomic E-state index is -0.337. The zero-order valence-electron chi connectivity index (χ0n) is 13.4. The zero-order valence-corrected chi connectivity index (χ0v) is 15.6. The standard InChI is InChI=1S/C8H16O2.C7H13IO2/c1-4-5-7-6-9-8(2,3)10-7;1-7(2)9-5-6(10-7)3-4-8/h7H,4-6H2,1-3H3;6H,3-5H2,1-2H3/t7-;6-/m00/s1. The Labute approximate surface area is 137 Å². The Morgan fingerprint density at radius 3 is 1.65 bits per heavy atom. The van der Waals surface area contributed by atoms with E-state index in [1.54, 1.807) is 0 Å². The highest BCUT2D eigenvalue weighted by Gasteiger charge is 2.32. The second-order valence-corrected chi connectivity index (χ2v) is 7.25. The predicted molar refractivity (Wildman–Crippen MR) is 88.2 cm³/mol. The molecule has 2 atom stereocenters. The molecule has 0 amide bonds. The van der Waals surface area contributed by atoms with Crippen molar-refractivity contribution in [2.45, 2.75) is 77.7 Å². The topological polar surface area (TPSA) is 36.9 Å². The highest BCUT2D eigenvalue weighted by Crippen LogP contribution is 2.25. The summed E-state index contributed by atoms with van der Waals surface area (Å²) in [6.07, 6.45) is 4.05. The molecule has 5 heteroatoms. The van der Waals surface area contributed by atoms with Crippen LogP contribution in [0.3, 0.4) is 0 Å². The van der Waals surface area contributed by atoms with E-state index in [1.807, 2.05) is 27.7 Å². The molecule has 0 aromatic carbocycles. The van der Waals surface area contributed by atoms with Gasteiger partial charge in [0.25, 0.3) is 0 Å². The van der Waals surface area contributed by atoms with Crippen LogP contribution >= 0.6 is 22.6 Å². The van der Waals surface area contributed by atoms with E-state index in [0.29, 0.717) is 12.2 Å². The number of halogens is 1. The number of hydrogen-bond acceptors (Lipinski definition) is 4. The fraction of sp³-hybridized carbons (Fsp3) is 1.00. The van der Waals surface area contributed by atoms with Gasteiger partial charge in [-0.3, -0.25) is 0 Å². The maximum Gasteiger partial charge on any atom is 0.163 e. The lowest BCUT2D eigenvalue weighted by Crippen LogP contribution is -2.21. The molecule has 0 radical (unpaired) electrons. The average molecular weight is 400 g/mol. The zero-order chi connectivity index (χ0) is 15.2. The van der Waals surface area contributed by atoms with Crippen LogP contribution in [0.1, 0.15) is 53.9 Å². The first-order chi connectivity index (χ1) is 9.28. The lowest BCUT2D eigenvalue weighted by molar-refractivity contribution is -0.139. The SMILES string of the molecule is CC1(C)OC[C@H](CCI)O1.CCC[C@H]1COC(C)(C)O1. The van der Waals surface area contributed by atoms with Gasteiger partial charge in [0.2, 0.25) is 0 Å². The van der Waals surface area contributed by atoms with E-state index < -0.39 is 0 Å². The molecule has 2 saturated heterocycles. The Bertz CT molecular complexity index is 253. The largest absolute Gasteiger partial charge is 0.348 e. The summed E-state index contributed by atoms with van der Waals surface area (Å²) in [4.78, 5) is 0. The van der Waals surface area contributed by atoms with Gasteiger partial charge in [-0.25, -0.2) is 0 Å². The van der Waals surface area contributed by atoms with Crippen molar-refractivity contribution in [2.24, 2.45) is 0 Å². The van der Waals surface area contributed by atoms with Crippen LogP contribution in [0.15, 0.2) is 0 Å². The van der Waals surface area contributed by atoms with Crippen molar-refractivity contribution < 1.29 is 18.9 Å². The molecule has 2 fully saturated rings. The van der Waals surface area contributed by atoms with E-state index >= 15 is 0 Å². The molecule has 0 N–H and O–H groups in total. The smallest absolute Gasteiger partial charge is 0.163 e. The Hall–Kier alpha value is 0.570. The molecule has 0 aromatic rings. The van der Waals surface area contributed by atoms with E-state index in [9.17, 15) is 0 Å². The van der Waals surface area contributed by atoms with Crippen LogP contribution in [0.5, 0.6) is 0 Å². The minimum Gasteiger partial charge on any atom is -0.348 e. The molecule has 2 rings (SSSR count). The van der Waals surface area contributed by atoms with Crippen LogP contribution in [0.25, 0.3) is 0 Å². The summed E-state index contributed by atoms with van der Waals surface area (Å²) < 4.78 is 23.0. The fourth-order valence-corrected chi connectivity index (χ4v) is 2.95. The second-order valence-electron chi connectivity index (χ2n) is 6.17. The van der Waals surface area contributed by atoms with Gasteiger partial charge in [-0.1, -0.05) is 35.9 Å². The van der Waals surface area contributed by atoms with Gasteiger partial charge in [0.1, 0.15) is 0 Å². The van der Waals surface area contributed by atoms with Gasteiger partial charge in [-0.05, 0) is 40.5 Å². The van der Waals surface area contributed by atoms with Crippen LogP contribution in [0.2, 0.25) is 0 Å². The summed E-state index contributed by atoms with van der Waals surface area (Å²) in [5, 5.41) is 0. The summed E-state index contributed by atoms with van der Waals surface area (Å²) >= 11 is 2.35. The molecular formula is C15H29IO4. The van der Waals surface area contributed by atoms with Crippen LogP contribution in [-0.4, -0.2) is 41.4 Å². The maximum absolute atomic E-state index is 5.57. The second kappa shape index (κ2) is 8.27. The molecule has 4 nitrogen and oxygen atoms in total. The van der Waals surface area contributed by atoms with Crippen molar-refractivity contribution in [3.05, 3.63) is 0 Å². The van der Waals surface area contributed by atoms with Crippen LogP contribution in [0.4, 0.5) is 0 Å². The minimum absolute atomic E-state index is 0.326. The van der Waals surface area contributed by atoms with Crippen molar-refractivity contribution in [2.75, 3.05) is 17.6 Å². The molecule has 0 aromatic heterocycles. The van der Waals surface area contributed by atoms with Gasteiger partial charge in [0.15, 0.2) is 11.6 Å². The molecule has 20 heavy (non-hydrogen) atoms. The summed E-state index contributed by atoms with van der Waals surface area (Å²) in [5.74, 6) is -0.670. The number of ether oxygens (including phenoxy) is 4. The van der Waals surface area contributed by atoms with Crippen molar-refractivity contribution in [1.82, 2.24) is 0 Å². The normalized spacial score (nSPS) is 30.9. The third-order valence-electron chi connectivity index (χ3n) is 3.18. The molecular weight excluding hydrogens is 371 g/mol. The first kappa shape index (κ1) is 18.6. The van der Waals surface area contributed by atoms with Gasteiger partial charge in [-0.15, -0.1) is 0 Å². The predicted octanol–water partition coefficient (Wildman–Crippen LogP) is 3.90. The van der Waals surface area contributed by atoms with Gasteiger partial charge < -0.3 is 18.9 Å². The van der Waals surface area contributed by atoms with Crippen molar-refractivity contribution in [3.63, 3.8) is 0 Å². The Balaban J connectivity index is 0.000000200. The quantitative estimate of drug-likeness (QED) is 0.530. The maximum atomic E-state index is 5.57. The first-order valence-electron chi connectivity index (χ1n) is 7.47. The molecule has 0 aliphatic carbocycles. The van der Waals surface area contributed by atoms with Crippen LogP contribution in [-0.2, 0) is 18.9 Å². The lowest BCUT2D eigenvalue weighted by atomic mass is 10.2. The van der Waals surface area contributed by atoms with Gasteiger partial charge in [0.05, 0.1) is 25.4 Å². The molecule has 0 saturated carbocycles. The van der Waals surface area contributed by atoms with Crippen molar-refractivity contribution in [3.8, 4) is 0 Å². The highest BCUT2D eigenvalue weighted by molar-refractivity contribution is 14.1. The van der Waals surface area contributed by atoms with E-state index in [-0.39, 0.29) is 11.6 Å². The summed E-state index contributed by atoms with van der Waals surface area (Å²) in [6.45, 7) is 11.5. The summed E-state index contributed by atoms with van der Waals surface area (Å²) in [6, 6.07) is 0. The molecule has 2 heterocycles. The molecule has 0 spiro atoms. The summed E-state index contributed by atoms with van der Waals surface area (Å²) in [7, 11) is 0. The van der Waals surface area contributed by atoms with E-state index in [2.05, 4.69) is 29.5 Å². The monoisotopic (exact) mass is 400 g/mol. The molecule has 0 unspecified atom stereocenters. The van der Waals surface area contributed by atoms with Crippen molar-refractivity contribution >= 4 is 22.6 Å². The Morgan fingerprint density at radius 2 is 1.35 bits per heavy atom.